The molecule has 0 saturated carbocycles. The number of ether oxygens (including phenoxy) is 1. The summed E-state index contributed by atoms with van der Waals surface area (Å²) < 4.78 is 5.95. The normalized spacial score (nSPS) is 16.4. The lowest BCUT2D eigenvalue weighted by Gasteiger charge is -2.26. The van der Waals surface area contributed by atoms with Crippen molar-refractivity contribution >= 4 is 34.6 Å². The average molecular weight is 416 g/mol. The molecule has 0 spiro atoms. The summed E-state index contributed by atoms with van der Waals surface area (Å²) in [5.74, 6) is -0.540. The van der Waals surface area contributed by atoms with Gasteiger partial charge in [0.2, 0.25) is 0 Å². The van der Waals surface area contributed by atoms with Gasteiger partial charge in [0.05, 0.1) is 36.3 Å². The van der Waals surface area contributed by atoms with Gasteiger partial charge in [0.25, 0.3) is 5.56 Å². The van der Waals surface area contributed by atoms with Gasteiger partial charge in [-0.1, -0.05) is 29.8 Å². The van der Waals surface area contributed by atoms with Gasteiger partial charge in [-0.15, -0.1) is 11.3 Å². The van der Waals surface area contributed by atoms with Crippen molar-refractivity contribution in [1.29, 1.82) is 0 Å². The van der Waals surface area contributed by atoms with E-state index in [1.54, 1.807) is 41.8 Å². The van der Waals surface area contributed by atoms with E-state index in [1.807, 2.05) is 11.4 Å². The Hall–Kier alpha value is -2.64. The number of methoxy groups -OCH3 is 1. The molecular formula is C20H18ClN3O3S. The molecule has 0 bridgehead atoms. The van der Waals surface area contributed by atoms with Crippen molar-refractivity contribution in [3.63, 3.8) is 0 Å². The third-order valence-electron chi connectivity index (χ3n) is 4.87. The fraction of sp³-hybridized carbons (Fsp3) is 0.250. The number of halogens is 1. The predicted molar refractivity (Wildman–Crippen MR) is 110 cm³/mol. The fourth-order valence-electron chi connectivity index (χ4n) is 3.57. The standard InChI is InChI=1S/C20H18ClN3O3S/c1-27-20(26)13-6-2-3-7-14(13)24-19(25)18(21)16(12-22-24)23-10-4-8-15(23)17-9-5-11-28-17/h2-3,5-7,9,11-12,15H,4,8,10H2,1H3. The molecule has 0 radical (unpaired) electrons. The molecule has 2 aromatic heterocycles. The Bertz CT molecular complexity index is 1060. The number of hydrogen-bond donors (Lipinski definition) is 0. The molecule has 3 aromatic rings. The van der Waals surface area contributed by atoms with Crippen LogP contribution in [0, 0.1) is 0 Å². The van der Waals surface area contributed by atoms with E-state index >= 15 is 0 Å². The van der Waals surface area contributed by atoms with Crippen LogP contribution >= 0.6 is 22.9 Å². The van der Waals surface area contributed by atoms with Gasteiger partial charge in [0.1, 0.15) is 5.02 Å². The lowest BCUT2D eigenvalue weighted by Crippen LogP contribution is -2.29. The zero-order valence-electron chi connectivity index (χ0n) is 15.2. The summed E-state index contributed by atoms with van der Waals surface area (Å²) in [7, 11) is 1.30. The molecule has 1 saturated heterocycles. The van der Waals surface area contributed by atoms with Crippen LogP contribution < -0.4 is 10.5 Å². The lowest BCUT2D eigenvalue weighted by molar-refractivity contribution is 0.0600. The first-order chi connectivity index (χ1) is 13.6. The number of aromatic nitrogens is 2. The number of benzene rings is 1. The van der Waals surface area contributed by atoms with Crippen molar-refractivity contribution in [1.82, 2.24) is 9.78 Å². The van der Waals surface area contributed by atoms with Crippen molar-refractivity contribution in [2.24, 2.45) is 0 Å². The zero-order chi connectivity index (χ0) is 19.7. The van der Waals surface area contributed by atoms with Crippen molar-refractivity contribution in [2.75, 3.05) is 18.6 Å². The van der Waals surface area contributed by atoms with Gasteiger partial charge in [-0.3, -0.25) is 4.79 Å². The van der Waals surface area contributed by atoms with E-state index < -0.39 is 11.5 Å². The largest absolute Gasteiger partial charge is 0.465 e. The van der Waals surface area contributed by atoms with E-state index in [0.717, 1.165) is 24.1 Å². The van der Waals surface area contributed by atoms with Crippen LogP contribution in [0.15, 0.2) is 52.8 Å². The van der Waals surface area contributed by atoms with Crippen LogP contribution in [0.1, 0.15) is 34.1 Å². The second-order valence-corrected chi connectivity index (χ2v) is 7.79. The maximum absolute atomic E-state index is 13.0. The third kappa shape index (κ3) is 3.21. The van der Waals surface area contributed by atoms with Crippen LogP contribution in [0.5, 0.6) is 0 Å². The Balaban J connectivity index is 1.77. The Kier molecular flexibility index (Phi) is 5.19. The predicted octanol–water partition coefficient (Wildman–Crippen LogP) is 4.08. The van der Waals surface area contributed by atoms with E-state index in [2.05, 4.69) is 16.1 Å². The van der Waals surface area contributed by atoms with Gasteiger partial charge in [0.15, 0.2) is 0 Å². The molecule has 1 fully saturated rings. The highest BCUT2D eigenvalue weighted by molar-refractivity contribution is 7.10. The minimum Gasteiger partial charge on any atom is -0.465 e. The van der Waals surface area contributed by atoms with E-state index in [1.165, 1.54) is 12.0 Å². The number of thiophene rings is 1. The first-order valence-electron chi connectivity index (χ1n) is 8.87. The van der Waals surface area contributed by atoms with Crippen LogP contribution in [-0.4, -0.2) is 29.4 Å². The van der Waals surface area contributed by atoms with E-state index in [9.17, 15) is 9.59 Å². The van der Waals surface area contributed by atoms with E-state index in [-0.39, 0.29) is 16.6 Å². The quantitative estimate of drug-likeness (QED) is 0.601. The number of carbonyl (C=O) groups is 1. The molecule has 1 atom stereocenters. The van der Waals surface area contributed by atoms with Gasteiger partial charge >= 0.3 is 5.97 Å². The molecule has 28 heavy (non-hydrogen) atoms. The number of carbonyl (C=O) groups excluding carboxylic acids is 1. The topological polar surface area (TPSA) is 64.4 Å². The van der Waals surface area contributed by atoms with Gasteiger partial charge in [-0.25, -0.2) is 4.79 Å². The van der Waals surface area contributed by atoms with Crippen molar-refractivity contribution in [3.8, 4) is 5.69 Å². The van der Waals surface area contributed by atoms with Crippen LogP contribution in [0.4, 0.5) is 5.69 Å². The van der Waals surface area contributed by atoms with Gasteiger partial charge in [-0.05, 0) is 36.4 Å². The Morgan fingerprint density at radius 2 is 2.07 bits per heavy atom. The highest BCUT2D eigenvalue weighted by atomic mass is 35.5. The summed E-state index contributed by atoms with van der Waals surface area (Å²) >= 11 is 8.19. The molecule has 3 heterocycles. The van der Waals surface area contributed by atoms with Crippen molar-refractivity contribution in [2.45, 2.75) is 18.9 Å². The Labute approximate surface area is 170 Å². The highest BCUT2D eigenvalue weighted by Crippen LogP contribution is 2.39. The Morgan fingerprint density at radius 3 is 2.82 bits per heavy atom. The van der Waals surface area contributed by atoms with Crippen molar-refractivity contribution < 1.29 is 9.53 Å². The number of esters is 1. The molecule has 0 aliphatic carbocycles. The van der Waals surface area contributed by atoms with Crippen LogP contribution in [0.2, 0.25) is 5.02 Å². The molecule has 1 unspecified atom stereocenters. The average Bonchev–Trinajstić information content (AvgIpc) is 3.41. The highest BCUT2D eigenvalue weighted by Gasteiger charge is 2.30. The molecular weight excluding hydrogens is 398 g/mol. The first kappa shape index (κ1) is 18.7. The first-order valence-corrected chi connectivity index (χ1v) is 10.1. The maximum Gasteiger partial charge on any atom is 0.340 e. The summed E-state index contributed by atoms with van der Waals surface area (Å²) in [5.41, 5.74) is 0.742. The summed E-state index contributed by atoms with van der Waals surface area (Å²) in [4.78, 5) is 28.4. The second kappa shape index (κ2) is 7.77. The molecule has 144 valence electrons. The summed E-state index contributed by atoms with van der Waals surface area (Å²) in [6, 6.07) is 11.0. The van der Waals surface area contributed by atoms with Crippen molar-refractivity contribution in [3.05, 3.63) is 73.8 Å². The third-order valence-corrected chi connectivity index (χ3v) is 6.20. The monoisotopic (exact) mass is 415 g/mol. The van der Waals surface area contributed by atoms with Crippen LogP contribution in [0.3, 0.4) is 0 Å². The van der Waals surface area contributed by atoms with E-state index in [0.29, 0.717) is 11.4 Å². The summed E-state index contributed by atoms with van der Waals surface area (Å²) in [6.45, 7) is 0.812. The number of hydrogen-bond acceptors (Lipinski definition) is 6. The minimum atomic E-state index is -0.540. The molecule has 4 rings (SSSR count). The molecule has 8 heteroatoms. The number of nitrogens with zero attached hydrogens (tertiary/aromatic N) is 3. The number of rotatable bonds is 4. The molecule has 1 aromatic carbocycles. The SMILES string of the molecule is COC(=O)c1ccccc1-n1ncc(N2CCCC2c2cccs2)c(Cl)c1=O. The molecule has 0 N–H and O–H groups in total. The molecule has 0 amide bonds. The van der Waals surface area contributed by atoms with Crippen LogP contribution in [-0.2, 0) is 4.74 Å². The minimum absolute atomic E-state index is 0.0955. The number of para-hydroxylation sites is 1. The summed E-state index contributed by atoms with van der Waals surface area (Å²) in [5, 5.41) is 6.47. The molecule has 1 aliphatic heterocycles. The number of anilines is 1. The Morgan fingerprint density at radius 1 is 1.25 bits per heavy atom. The molecule has 1 aliphatic rings. The zero-order valence-corrected chi connectivity index (χ0v) is 16.7. The van der Waals surface area contributed by atoms with E-state index in [4.69, 9.17) is 16.3 Å². The van der Waals surface area contributed by atoms with Gasteiger partial charge in [0, 0.05) is 11.4 Å². The smallest absolute Gasteiger partial charge is 0.340 e. The summed E-state index contributed by atoms with van der Waals surface area (Å²) in [6.07, 6.45) is 3.63. The van der Waals surface area contributed by atoms with Gasteiger partial charge < -0.3 is 9.64 Å². The fourth-order valence-corrected chi connectivity index (χ4v) is 4.68. The maximum atomic E-state index is 13.0. The second-order valence-electron chi connectivity index (χ2n) is 6.44. The lowest BCUT2D eigenvalue weighted by atomic mass is 10.1. The van der Waals surface area contributed by atoms with Gasteiger partial charge in [-0.2, -0.15) is 9.78 Å². The molecule has 6 nitrogen and oxygen atoms in total. The van der Waals surface area contributed by atoms with Crippen LogP contribution in [0.25, 0.3) is 5.69 Å².